The van der Waals surface area contributed by atoms with Crippen molar-refractivity contribution in [2.45, 2.75) is 19.4 Å². The van der Waals surface area contributed by atoms with Gasteiger partial charge in [-0.3, -0.25) is 0 Å². The number of hydrogen-bond donors (Lipinski definition) is 1. The third kappa shape index (κ3) is 3.43. The number of hydrogen-bond acceptors (Lipinski definition) is 3. The summed E-state index contributed by atoms with van der Waals surface area (Å²) >= 11 is 0. The van der Waals surface area contributed by atoms with Gasteiger partial charge in [-0.05, 0) is 46.1 Å². The Kier molecular flexibility index (Phi) is 4.08. The molecule has 0 unspecified atom stereocenters. The predicted molar refractivity (Wildman–Crippen MR) is 67.4 cm³/mol. The number of nitriles is 1. The van der Waals surface area contributed by atoms with Crippen molar-refractivity contribution in [3.63, 3.8) is 0 Å². The molecule has 0 heterocycles. The smallest absolute Gasteiger partial charge is 0.147 e. The molecule has 0 aliphatic carbocycles. The number of halogens is 1. The van der Waals surface area contributed by atoms with Crippen LogP contribution in [0.4, 0.5) is 10.1 Å². The Balaban J connectivity index is 2.74. The topological polar surface area (TPSA) is 39.1 Å². The van der Waals surface area contributed by atoms with Gasteiger partial charge in [0, 0.05) is 12.1 Å². The van der Waals surface area contributed by atoms with E-state index in [1.54, 1.807) is 12.1 Å². The number of nitrogens with zero attached hydrogens (tertiary/aromatic N) is 2. The molecule has 0 aromatic heterocycles. The average Bonchev–Trinajstić information content (AvgIpc) is 2.27. The quantitative estimate of drug-likeness (QED) is 0.871. The van der Waals surface area contributed by atoms with E-state index in [1.807, 2.05) is 20.2 Å². The van der Waals surface area contributed by atoms with E-state index in [0.717, 1.165) is 0 Å². The van der Waals surface area contributed by atoms with Crippen molar-refractivity contribution in [1.82, 2.24) is 4.90 Å². The van der Waals surface area contributed by atoms with Crippen LogP contribution in [-0.2, 0) is 0 Å². The highest BCUT2D eigenvalue weighted by molar-refractivity contribution is 5.49. The van der Waals surface area contributed by atoms with E-state index in [-0.39, 0.29) is 5.54 Å². The molecule has 92 valence electrons. The highest BCUT2D eigenvalue weighted by atomic mass is 19.1. The molecule has 0 fully saturated rings. The summed E-state index contributed by atoms with van der Waals surface area (Å²) < 4.78 is 13.6. The Labute approximate surface area is 102 Å². The van der Waals surface area contributed by atoms with Crippen LogP contribution < -0.4 is 5.32 Å². The molecule has 1 aromatic carbocycles. The lowest BCUT2D eigenvalue weighted by molar-refractivity contribution is 0.210. The zero-order valence-electron chi connectivity index (χ0n) is 10.7. The van der Waals surface area contributed by atoms with Gasteiger partial charge in [0.25, 0.3) is 0 Å². The van der Waals surface area contributed by atoms with E-state index in [1.165, 1.54) is 6.07 Å². The van der Waals surface area contributed by atoms with Gasteiger partial charge < -0.3 is 10.2 Å². The van der Waals surface area contributed by atoms with E-state index in [2.05, 4.69) is 24.1 Å². The number of likely N-dealkylation sites (N-methyl/N-ethyl adjacent to an activating group) is 1. The maximum atomic E-state index is 13.6. The number of anilines is 1. The third-order valence-electron chi connectivity index (χ3n) is 3.02. The van der Waals surface area contributed by atoms with Crippen molar-refractivity contribution in [3.8, 4) is 6.07 Å². The lowest BCUT2D eigenvalue weighted by Gasteiger charge is -2.33. The van der Waals surface area contributed by atoms with Crippen LogP contribution in [0.3, 0.4) is 0 Å². The number of benzene rings is 1. The molecule has 0 bridgehead atoms. The fourth-order valence-corrected chi connectivity index (χ4v) is 1.20. The molecule has 0 saturated carbocycles. The monoisotopic (exact) mass is 235 g/mol. The van der Waals surface area contributed by atoms with Crippen LogP contribution in [0.25, 0.3) is 0 Å². The minimum atomic E-state index is -0.390. The molecule has 0 aliphatic heterocycles. The second kappa shape index (κ2) is 5.15. The second-order valence-corrected chi connectivity index (χ2v) is 4.87. The summed E-state index contributed by atoms with van der Waals surface area (Å²) in [4.78, 5) is 2.07. The van der Waals surface area contributed by atoms with E-state index in [4.69, 9.17) is 5.26 Å². The summed E-state index contributed by atoms with van der Waals surface area (Å²) in [5.41, 5.74) is 0.694. The van der Waals surface area contributed by atoms with Gasteiger partial charge in [0.1, 0.15) is 5.82 Å². The minimum absolute atomic E-state index is 0.0691. The Morgan fingerprint density at radius 3 is 2.53 bits per heavy atom. The Morgan fingerprint density at radius 1 is 1.41 bits per heavy atom. The second-order valence-electron chi connectivity index (χ2n) is 4.87. The molecule has 0 atom stereocenters. The molecular weight excluding hydrogens is 217 g/mol. The molecule has 0 spiro atoms. The molecule has 0 saturated heterocycles. The lowest BCUT2D eigenvalue weighted by atomic mass is 10.0. The third-order valence-corrected chi connectivity index (χ3v) is 3.02. The zero-order valence-corrected chi connectivity index (χ0v) is 10.7. The van der Waals surface area contributed by atoms with Crippen LogP contribution in [0.1, 0.15) is 19.4 Å². The largest absolute Gasteiger partial charge is 0.381 e. The fraction of sp³-hybridized carbons (Fsp3) is 0.462. The van der Waals surface area contributed by atoms with Crippen molar-refractivity contribution >= 4 is 5.69 Å². The van der Waals surface area contributed by atoms with Gasteiger partial charge in [0.2, 0.25) is 0 Å². The first-order valence-corrected chi connectivity index (χ1v) is 5.48. The molecule has 1 N–H and O–H groups in total. The van der Waals surface area contributed by atoms with Gasteiger partial charge in [0.05, 0.1) is 17.3 Å². The van der Waals surface area contributed by atoms with Gasteiger partial charge in [-0.1, -0.05) is 0 Å². The maximum Gasteiger partial charge on any atom is 0.147 e. The lowest BCUT2D eigenvalue weighted by Crippen LogP contribution is -2.44. The molecule has 1 aromatic rings. The average molecular weight is 235 g/mol. The van der Waals surface area contributed by atoms with Gasteiger partial charge in [-0.2, -0.15) is 5.26 Å². The van der Waals surface area contributed by atoms with Crippen LogP contribution in [-0.4, -0.2) is 31.1 Å². The Hall–Kier alpha value is -1.60. The minimum Gasteiger partial charge on any atom is -0.381 e. The zero-order chi connectivity index (χ0) is 13.1. The molecule has 17 heavy (non-hydrogen) atoms. The first-order valence-electron chi connectivity index (χ1n) is 5.48. The number of rotatable bonds is 4. The number of nitrogens with one attached hydrogen (secondary N) is 1. The van der Waals surface area contributed by atoms with E-state index >= 15 is 0 Å². The van der Waals surface area contributed by atoms with E-state index in [9.17, 15) is 4.39 Å². The standard InChI is InChI=1S/C13H18FN3/c1-13(2,17(3)4)9-16-12-6-5-10(8-15)7-11(12)14/h5-7,16H,9H2,1-4H3. The van der Waals surface area contributed by atoms with Crippen LogP contribution >= 0.6 is 0 Å². The highest BCUT2D eigenvalue weighted by Gasteiger charge is 2.20. The first-order chi connectivity index (χ1) is 7.86. The van der Waals surface area contributed by atoms with Crippen molar-refractivity contribution < 1.29 is 4.39 Å². The van der Waals surface area contributed by atoms with Gasteiger partial charge in [-0.25, -0.2) is 4.39 Å². The summed E-state index contributed by atoms with van der Waals surface area (Å²) in [5.74, 6) is -0.390. The van der Waals surface area contributed by atoms with Crippen molar-refractivity contribution in [1.29, 1.82) is 5.26 Å². The molecule has 0 amide bonds. The first kappa shape index (κ1) is 13.5. The summed E-state index contributed by atoms with van der Waals surface area (Å²) in [5, 5.41) is 11.7. The van der Waals surface area contributed by atoms with E-state index < -0.39 is 5.82 Å². The molecule has 3 nitrogen and oxygen atoms in total. The molecule has 4 heteroatoms. The van der Waals surface area contributed by atoms with Gasteiger partial charge in [0.15, 0.2) is 0 Å². The van der Waals surface area contributed by atoms with Gasteiger partial charge in [-0.15, -0.1) is 0 Å². The Bertz CT molecular complexity index is 433. The SMILES string of the molecule is CN(C)C(C)(C)CNc1ccc(C#N)cc1F. The summed E-state index contributed by atoms with van der Waals surface area (Å²) in [7, 11) is 3.97. The van der Waals surface area contributed by atoms with Crippen LogP contribution in [0.15, 0.2) is 18.2 Å². The fourth-order valence-electron chi connectivity index (χ4n) is 1.20. The summed E-state index contributed by atoms with van der Waals surface area (Å²) in [6, 6.07) is 6.35. The molecule has 0 radical (unpaired) electrons. The maximum absolute atomic E-state index is 13.6. The Morgan fingerprint density at radius 2 is 2.06 bits per heavy atom. The van der Waals surface area contributed by atoms with Crippen molar-refractivity contribution in [2.24, 2.45) is 0 Å². The van der Waals surface area contributed by atoms with Crippen molar-refractivity contribution in [3.05, 3.63) is 29.6 Å². The summed E-state index contributed by atoms with van der Waals surface area (Å²) in [6.07, 6.45) is 0. The summed E-state index contributed by atoms with van der Waals surface area (Å²) in [6.45, 7) is 4.77. The van der Waals surface area contributed by atoms with Crippen LogP contribution in [0, 0.1) is 17.1 Å². The van der Waals surface area contributed by atoms with E-state index in [0.29, 0.717) is 17.8 Å². The molecular formula is C13H18FN3. The normalized spacial score (nSPS) is 11.4. The predicted octanol–water partition coefficient (Wildman–Crippen LogP) is 2.45. The van der Waals surface area contributed by atoms with Crippen LogP contribution in [0.5, 0.6) is 0 Å². The van der Waals surface area contributed by atoms with Crippen molar-refractivity contribution in [2.75, 3.05) is 26.0 Å². The molecule has 1 rings (SSSR count). The van der Waals surface area contributed by atoms with Crippen LogP contribution in [0.2, 0.25) is 0 Å². The molecule has 0 aliphatic rings. The highest BCUT2D eigenvalue weighted by Crippen LogP contribution is 2.17. The van der Waals surface area contributed by atoms with Gasteiger partial charge >= 0.3 is 0 Å².